The maximum absolute atomic E-state index is 13.2. The van der Waals surface area contributed by atoms with Crippen LogP contribution in [0.5, 0.6) is 23.4 Å². The Kier molecular flexibility index (Phi) is 8.27. The predicted octanol–water partition coefficient (Wildman–Crippen LogP) is 3.97. The molecule has 12 heteroatoms. The summed E-state index contributed by atoms with van der Waals surface area (Å²) < 4.78 is 12.2. The standard InChI is InChI=1S/C28H32N8O4/c1-6-21-31-22-24(32-21)33-28(34-25(22)39-18-11-9-10-17(14-18)26(37)35(4)5)40-20-15-16(23(29)30)12-13-19(20)27(38)36(7-2)8-3/h9-15H,6-8H2,1-5H3,(H3,29,30)(H,31,32,33,34). The van der Waals surface area contributed by atoms with Crippen LogP contribution in [0.1, 0.15) is 52.9 Å². The third-order valence-corrected chi connectivity index (χ3v) is 6.16. The van der Waals surface area contributed by atoms with Crippen molar-refractivity contribution in [3.63, 3.8) is 0 Å². The van der Waals surface area contributed by atoms with Crippen molar-refractivity contribution in [1.29, 1.82) is 5.41 Å². The zero-order valence-electron chi connectivity index (χ0n) is 23.1. The number of hydrogen-bond donors (Lipinski definition) is 3. The SMILES string of the molecule is CCc1nc2nc(Oc3cc(C(=N)N)ccc3C(=O)N(CC)CC)nc(Oc3cccc(C(=O)N(C)C)c3)c2[nH]1. The number of fused-ring (bicyclic) bond motifs is 1. The van der Waals surface area contributed by atoms with Crippen molar-refractivity contribution in [2.24, 2.45) is 5.73 Å². The largest absolute Gasteiger partial charge is 0.437 e. The van der Waals surface area contributed by atoms with E-state index in [0.29, 0.717) is 53.4 Å². The van der Waals surface area contributed by atoms with Crippen LogP contribution in [0.4, 0.5) is 0 Å². The van der Waals surface area contributed by atoms with Gasteiger partial charge in [-0.1, -0.05) is 19.1 Å². The summed E-state index contributed by atoms with van der Waals surface area (Å²) in [5.41, 5.74) is 7.55. The first kappa shape index (κ1) is 28.0. The minimum atomic E-state index is -0.247. The molecular formula is C28H32N8O4. The molecule has 208 valence electrons. The van der Waals surface area contributed by atoms with Crippen LogP contribution in [0.25, 0.3) is 11.2 Å². The fourth-order valence-electron chi connectivity index (χ4n) is 3.98. The van der Waals surface area contributed by atoms with Crippen molar-refractivity contribution in [2.75, 3.05) is 27.2 Å². The molecule has 0 saturated carbocycles. The van der Waals surface area contributed by atoms with Crippen LogP contribution in [0, 0.1) is 5.41 Å². The van der Waals surface area contributed by atoms with E-state index >= 15 is 0 Å². The van der Waals surface area contributed by atoms with Gasteiger partial charge in [-0.3, -0.25) is 15.0 Å². The number of hydrogen-bond acceptors (Lipinski definition) is 8. The number of ether oxygens (including phenoxy) is 2. The number of H-pyrrole nitrogens is 1. The third-order valence-electron chi connectivity index (χ3n) is 6.16. The number of amidine groups is 1. The number of amides is 2. The Morgan fingerprint density at radius 3 is 2.35 bits per heavy atom. The van der Waals surface area contributed by atoms with Crippen LogP contribution < -0.4 is 15.2 Å². The lowest BCUT2D eigenvalue weighted by Crippen LogP contribution is -2.30. The van der Waals surface area contributed by atoms with Gasteiger partial charge in [-0.15, -0.1) is 0 Å². The third kappa shape index (κ3) is 5.85. The normalized spacial score (nSPS) is 10.8. The van der Waals surface area contributed by atoms with Gasteiger partial charge in [0.05, 0.1) is 5.56 Å². The van der Waals surface area contributed by atoms with Gasteiger partial charge < -0.3 is 30.0 Å². The maximum Gasteiger partial charge on any atom is 0.327 e. The molecule has 4 aromatic rings. The predicted molar refractivity (Wildman–Crippen MR) is 150 cm³/mol. The second kappa shape index (κ2) is 11.8. The van der Waals surface area contributed by atoms with Gasteiger partial charge >= 0.3 is 6.01 Å². The summed E-state index contributed by atoms with van der Waals surface area (Å²) >= 11 is 0. The van der Waals surface area contributed by atoms with Crippen molar-refractivity contribution in [3.05, 3.63) is 65.0 Å². The average Bonchev–Trinajstić information content (AvgIpc) is 3.37. The highest BCUT2D eigenvalue weighted by atomic mass is 16.5. The monoisotopic (exact) mass is 544 g/mol. The summed E-state index contributed by atoms with van der Waals surface area (Å²) in [6.07, 6.45) is 0.613. The van der Waals surface area contributed by atoms with Crippen LogP contribution >= 0.6 is 0 Å². The average molecular weight is 545 g/mol. The van der Waals surface area contributed by atoms with Gasteiger partial charge in [0.2, 0.25) is 0 Å². The maximum atomic E-state index is 13.2. The van der Waals surface area contributed by atoms with Crippen LogP contribution in [-0.2, 0) is 6.42 Å². The van der Waals surface area contributed by atoms with Crippen LogP contribution in [0.3, 0.4) is 0 Å². The number of aryl methyl sites for hydroxylation is 1. The van der Waals surface area contributed by atoms with Gasteiger partial charge in [-0.2, -0.15) is 9.97 Å². The molecule has 12 nitrogen and oxygen atoms in total. The Labute approximate surface area is 231 Å². The minimum absolute atomic E-state index is 0.119. The summed E-state index contributed by atoms with van der Waals surface area (Å²) in [5, 5.41) is 7.85. The molecule has 0 unspecified atom stereocenters. The molecule has 0 atom stereocenters. The Bertz CT molecular complexity index is 1580. The Morgan fingerprint density at radius 2 is 1.70 bits per heavy atom. The molecule has 40 heavy (non-hydrogen) atoms. The van der Waals surface area contributed by atoms with E-state index in [1.807, 2.05) is 20.8 Å². The molecule has 0 aliphatic heterocycles. The second-order valence-electron chi connectivity index (χ2n) is 9.08. The first-order chi connectivity index (χ1) is 19.1. The van der Waals surface area contributed by atoms with Crippen LogP contribution in [-0.4, -0.2) is 74.6 Å². The number of carbonyl (C=O) groups is 2. The smallest absolute Gasteiger partial charge is 0.327 e. The lowest BCUT2D eigenvalue weighted by Gasteiger charge is -2.20. The molecule has 0 aliphatic rings. The quantitative estimate of drug-likeness (QED) is 0.199. The molecule has 0 saturated heterocycles. The summed E-state index contributed by atoms with van der Waals surface area (Å²) in [4.78, 5) is 45.4. The Morgan fingerprint density at radius 1 is 0.950 bits per heavy atom. The number of carbonyl (C=O) groups excluding carboxylic acids is 2. The van der Waals surface area contributed by atoms with E-state index in [-0.39, 0.29) is 40.9 Å². The van der Waals surface area contributed by atoms with Gasteiger partial charge in [-0.05, 0) is 44.2 Å². The molecule has 0 bridgehead atoms. The molecule has 2 aromatic heterocycles. The lowest BCUT2D eigenvalue weighted by atomic mass is 10.1. The van der Waals surface area contributed by atoms with Crippen molar-refractivity contribution in [1.82, 2.24) is 29.7 Å². The second-order valence-corrected chi connectivity index (χ2v) is 9.08. The molecule has 4 rings (SSSR count). The number of aromatic amines is 1. The van der Waals surface area contributed by atoms with E-state index in [1.54, 1.807) is 55.4 Å². The van der Waals surface area contributed by atoms with Crippen LogP contribution in [0.2, 0.25) is 0 Å². The van der Waals surface area contributed by atoms with E-state index < -0.39 is 0 Å². The molecule has 0 aliphatic carbocycles. The summed E-state index contributed by atoms with van der Waals surface area (Å²) in [6.45, 7) is 6.73. The fraction of sp³-hybridized carbons (Fsp3) is 0.286. The molecule has 4 N–H and O–H groups in total. The summed E-state index contributed by atoms with van der Waals surface area (Å²) in [7, 11) is 3.34. The first-order valence-electron chi connectivity index (χ1n) is 12.9. The summed E-state index contributed by atoms with van der Waals surface area (Å²) in [6, 6.07) is 11.3. The van der Waals surface area contributed by atoms with Gasteiger partial charge in [0, 0.05) is 44.7 Å². The fourth-order valence-corrected chi connectivity index (χ4v) is 3.98. The van der Waals surface area contributed by atoms with Crippen molar-refractivity contribution in [3.8, 4) is 23.4 Å². The summed E-state index contributed by atoms with van der Waals surface area (Å²) in [5.74, 6) is 0.705. The Hall–Kier alpha value is -5.00. The van der Waals surface area contributed by atoms with E-state index in [1.165, 1.54) is 11.0 Å². The number of nitrogens with two attached hydrogens (primary N) is 1. The number of nitrogen functional groups attached to an aromatic ring is 1. The van der Waals surface area contributed by atoms with Gasteiger partial charge in [0.1, 0.15) is 28.7 Å². The molecule has 2 heterocycles. The lowest BCUT2D eigenvalue weighted by molar-refractivity contribution is 0.0769. The molecule has 0 fully saturated rings. The van der Waals surface area contributed by atoms with E-state index in [0.717, 1.165) is 0 Å². The van der Waals surface area contributed by atoms with Crippen molar-refractivity contribution in [2.45, 2.75) is 27.2 Å². The van der Waals surface area contributed by atoms with E-state index in [4.69, 9.17) is 20.6 Å². The topological polar surface area (TPSA) is 163 Å². The molecule has 0 radical (unpaired) electrons. The minimum Gasteiger partial charge on any atom is -0.437 e. The highest BCUT2D eigenvalue weighted by Crippen LogP contribution is 2.32. The molecule has 0 spiro atoms. The zero-order chi connectivity index (χ0) is 29.0. The van der Waals surface area contributed by atoms with Gasteiger partial charge in [-0.25, -0.2) is 4.98 Å². The highest BCUT2D eigenvalue weighted by molar-refractivity contribution is 6.00. The number of nitrogens with zero attached hydrogens (tertiary/aromatic N) is 5. The highest BCUT2D eigenvalue weighted by Gasteiger charge is 2.22. The number of nitrogens with one attached hydrogen (secondary N) is 2. The van der Waals surface area contributed by atoms with Gasteiger partial charge in [0.25, 0.3) is 17.7 Å². The molecule has 2 aromatic carbocycles. The molecule has 2 amide bonds. The first-order valence-corrected chi connectivity index (χ1v) is 12.9. The Balaban J connectivity index is 1.79. The number of benzene rings is 2. The van der Waals surface area contributed by atoms with E-state index in [2.05, 4.69) is 19.9 Å². The number of rotatable bonds is 10. The van der Waals surface area contributed by atoms with Gasteiger partial charge in [0.15, 0.2) is 5.65 Å². The van der Waals surface area contributed by atoms with Crippen molar-refractivity contribution < 1.29 is 19.1 Å². The number of aromatic nitrogens is 4. The zero-order valence-corrected chi connectivity index (χ0v) is 23.1. The molecular weight excluding hydrogens is 512 g/mol. The number of imidazole rings is 1. The van der Waals surface area contributed by atoms with Crippen molar-refractivity contribution >= 4 is 28.8 Å². The van der Waals surface area contributed by atoms with Crippen LogP contribution in [0.15, 0.2) is 42.5 Å². The van der Waals surface area contributed by atoms with E-state index in [9.17, 15) is 9.59 Å².